The van der Waals surface area contributed by atoms with Gasteiger partial charge in [-0.25, -0.2) is 0 Å². The van der Waals surface area contributed by atoms with Gasteiger partial charge >= 0.3 is 0 Å². The Balaban J connectivity index is 3.26. The van der Waals surface area contributed by atoms with Crippen molar-refractivity contribution >= 4 is 0 Å². The molecule has 0 bridgehead atoms. The van der Waals surface area contributed by atoms with Crippen molar-refractivity contribution in [2.24, 2.45) is 0 Å². The molecular formula is C20H42O7. The third-order valence-corrected chi connectivity index (χ3v) is 4.07. The Bertz CT molecular complexity index is 253. The summed E-state index contributed by atoms with van der Waals surface area (Å²) in [7, 11) is 0. The predicted molar refractivity (Wildman–Crippen MR) is 105 cm³/mol. The van der Waals surface area contributed by atoms with E-state index in [-0.39, 0.29) is 25.4 Å². The Kier molecular flexibility index (Phi) is 21.8. The Morgan fingerprint density at radius 1 is 0.556 bits per heavy atom. The summed E-state index contributed by atoms with van der Waals surface area (Å²) in [4.78, 5) is 0. The van der Waals surface area contributed by atoms with Crippen LogP contribution in [0.5, 0.6) is 0 Å². The van der Waals surface area contributed by atoms with Gasteiger partial charge < -0.3 is 33.9 Å². The summed E-state index contributed by atoms with van der Waals surface area (Å²) in [6.07, 6.45) is 5.96. The zero-order chi connectivity index (χ0) is 20.0. The Morgan fingerprint density at radius 2 is 0.889 bits per heavy atom. The molecule has 0 aliphatic heterocycles. The maximum Gasteiger partial charge on any atom is 0.0806 e. The van der Waals surface area contributed by atoms with Gasteiger partial charge in [-0.1, -0.05) is 39.5 Å². The van der Waals surface area contributed by atoms with E-state index in [4.69, 9.17) is 23.7 Å². The fourth-order valence-corrected chi connectivity index (χ4v) is 2.41. The fraction of sp³-hybridized carbons (Fsp3) is 1.00. The summed E-state index contributed by atoms with van der Waals surface area (Å²) >= 11 is 0. The molecule has 0 heterocycles. The molecule has 7 nitrogen and oxygen atoms in total. The van der Waals surface area contributed by atoms with Gasteiger partial charge in [-0.3, -0.25) is 0 Å². The smallest absolute Gasteiger partial charge is 0.0806 e. The normalized spacial score (nSPS) is 13.8. The van der Waals surface area contributed by atoms with Gasteiger partial charge in [0, 0.05) is 0 Å². The van der Waals surface area contributed by atoms with Crippen molar-refractivity contribution in [1.82, 2.24) is 0 Å². The third kappa shape index (κ3) is 18.8. The second kappa shape index (κ2) is 22.0. The van der Waals surface area contributed by atoms with E-state index in [1.54, 1.807) is 0 Å². The fourth-order valence-electron chi connectivity index (χ4n) is 2.41. The molecule has 0 amide bonds. The van der Waals surface area contributed by atoms with Crippen molar-refractivity contribution < 1.29 is 33.9 Å². The first kappa shape index (κ1) is 26.7. The van der Waals surface area contributed by atoms with Gasteiger partial charge in [-0.2, -0.15) is 0 Å². The SMILES string of the molecule is CCCCC(CO)OCCOCCOCCOCCOC(CO)CCCC. The average Bonchev–Trinajstić information content (AvgIpc) is 2.70. The lowest BCUT2D eigenvalue weighted by Crippen LogP contribution is -2.21. The highest BCUT2D eigenvalue weighted by Gasteiger charge is 2.07. The maximum absolute atomic E-state index is 9.19. The number of aliphatic hydroxyl groups excluding tert-OH is 2. The molecule has 0 aromatic rings. The summed E-state index contributed by atoms with van der Waals surface area (Å²) in [6, 6.07) is 0. The monoisotopic (exact) mass is 394 g/mol. The lowest BCUT2D eigenvalue weighted by atomic mass is 10.2. The highest BCUT2D eigenvalue weighted by Crippen LogP contribution is 2.04. The van der Waals surface area contributed by atoms with E-state index >= 15 is 0 Å². The first-order chi connectivity index (χ1) is 13.3. The molecule has 164 valence electrons. The van der Waals surface area contributed by atoms with Crippen molar-refractivity contribution in [3.05, 3.63) is 0 Å². The second-order valence-corrected chi connectivity index (χ2v) is 6.47. The van der Waals surface area contributed by atoms with Gasteiger partial charge in [0.15, 0.2) is 0 Å². The Labute approximate surface area is 165 Å². The lowest BCUT2D eigenvalue weighted by Gasteiger charge is -2.15. The molecule has 0 aromatic heterocycles. The van der Waals surface area contributed by atoms with E-state index in [0.29, 0.717) is 52.9 Å². The molecule has 0 radical (unpaired) electrons. The van der Waals surface area contributed by atoms with E-state index in [9.17, 15) is 10.2 Å². The number of aliphatic hydroxyl groups is 2. The minimum Gasteiger partial charge on any atom is -0.394 e. The van der Waals surface area contributed by atoms with Gasteiger partial charge in [0.2, 0.25) is 0 Å². The number of ether oxygens (including phenoxy) is 5. The summed E-state index contributed by atoms with van der Waals surface area (Å²) in [5.41, 5.74) is 0. The van der Waals surface area contributed by atoms with Crippen LogP contribution in [0.15, 0.2) is 0 Å². The molecule has 27 heavy (non-hydrogen) atoms. The van der Waals surface area contributed by atoms with Gasteiger partial charge in [0.05, 0.1) is 78.3 Å². The van der Waals surface area contributed by atoms with Crippen LogP contribution in [0.4, 0.5) is 0 Å². The molecule has 0 saturated heterocycles. The predicted octanol–water partition coefficient (Wildman–Crippen LogP) is 2.17. The third-order valence-electron chi connectivity index (χ3n) is 4.07. The number of rotatable bonds is 22. The van der Waals surface area contributed by atoms with Crippen LogP contribution < -0.4 is 0 Å². The summed E-state index contributed by atoms with van der Waals surface area (Å²) < 4.78 is 27.4. The quantitative estimate of drug-likeness (QED) is 0.272. The number of hydrogen-bond acceptors (Lipinski definition) is 7. The second-order valence-electron chi connectivity index (χ2n) is 6.47. The minimum absolute atomic E-state index is 0.0630. The summed E-state index contributed by atoms with van der Waals surface area (Å²) in [6.45, 7) is 8.42. The molecule has 0 aliphatic carbocycles. The number of unbranched alkanes of at least 4 members (excludes halogenated alkanes) is 2. The molecule has 7 heteroatoms. The number of hydrogen-bond donors (Lipinski definition) is 2. The van der Waals surface area contributed by atoms with Gasteiger partial charge in [0.1, 0.15) is 0 Å². The highest BCUT2D eigenvalue weighted by atomic mass is 16.6. The van der Waals surface area contributed by atoms with E-state index in [1.807, 2.05) is 0 Å². The molecular weight excluding hydrogens is 352 g/mol. The van der Waals surface area contributed by atoms with Crippen LogP contribution in [-0.4, -0.2) is 88.5 Å². The molecule has 2 unspecified atom stereocenters. The van der Waals surface area contributed by atoms with Crippen LogP contribution in [-0.2, 0) is 23.7 Å². The van der Waals surface area contributed by atoms with Crippen LogP contribution in [0.25, 0.3) is 0 Å². The molecule has 0 fully saturated rings. The first-order valence-corrected chi connectivity index (χ1v) is 10.5. The molecule has 0 aromatic carbocycles. The topological polar surface area (TPSA) is 86.6 Å². The molecule has 2 N–H and O–H groups in total. The van der Waals surface area contributed by atoms with E-state index in [2.05, 4.69) is 13.8 Å². The lowest BCUT2D eigenvalue weighted by molar-refractivity contribution is -0.0435. The van der Waals surface area contributed by atoms with Crippen LogP contribution in [0, 0.1) is 0 Å². The standard InChI is InChI=1S/C20H42O7/c1-3-5-7-19(17-21)26-15-13-24-11-9-23-10-12-25-14-16-27-20(18-22)8-6-4-2/h19-22H,3-18H2,1-2H3. The van der Waals surface area contributed by atoms with E-state index < -0.39 is 0 Å². The molecule has 2 atom stereocenters. The molecule has 0 saturated carbocycles. The van der Waals surface area contributed by atoms with Gasteiger partial charge in [-0.05, 0) is 12.8 Å². The van der Waals surface area contributed by atoms with E-state index in [0.717, 1.165) is 38.5 Å². The molecule has 0 aliphatic rings. The summed E-state index contributed by atoms with van der Waals surface area (Å²) in [5, 5.41) is 18.4. The van der Waals surface area contributed by atoms with Crippen LogP contribution in [0.1, 0.15) is 52.4 Å². The van der Waals surface area contributed by atoms with Crippen molar-refractivity contribution in [3.63, 3.8) is 0 Å². The van der Waals surface area contributed by atoms with Crippen molar-refractivity contribution in [2.45, 2.75) is 64.6 Å². The van der Waals surface area contributed by atoms with Crippen LogP contribution >= 0.6 is 0 Å². The largest absolute Gasteiger partial charge is 0.394 e. The van der Waals surface area contributed by atoms with Crippen LogP contribution in [0.2, 0.25) is 0 Å². The zero-order valence-electron chi connectivity index (χ0n) is 17.4. The highest BCUT2D eigenvalue weighted by molar-refractivity contribution is 4.56. The Hall–Kier alpha value is -0.280. The zero-order valence-corrected chi connectivity index (χ0v) is 17.4. The molecule has 0 rings (SSSR count). The average molecular weight is 395 g/mol. The van der Waals surface area contributed by atoms with Crippen molar-refractivity contribution in [1.29, 1.82) is 0 Å². The first-order valence-electron chi connectivity index (χ1n) is 10.5. The maximum atomic E-state index is 9.19. The van der Waals surface area contributed by atoms with Gasteiger partial charge in [-0.15, -0.1) is 0 Å². The summed E-state index contributed by atoms with van der Waals surface area (Å²) in [5.74, 6) is 0. The Morgan fingerprint density at radius 3 is 1.19 bits per heavy atom. The van der Waals surface area contributed by atoms with Crippen molar-refractivity contribution in [2.75, 3.05) is 66.1 Å². The van der Waals surface area contributed by atoms with Crippen molar-refractivity contribution in [3.8, 4) is 0 Å². The van der Waals surface area contributed by atoms with E-state index in [1.165, 1.54) is 0 Å². The van der Waals surface area contributed by atoms with Gasteiger partial charge in [0.25, 0.3) is 0 Å². The minimum atomic E-state index is -0.0785. The molecule has 0 spiro atoms. The van der Waals surface area contributed by atoms with Crippen LogP contribution in [0.3, 0.4) is 0 Å².